The summed E-state index contributed by atoms with van der Waals surface area (Å²) < 4.78 is 0. The smallest absolute Gasteiger partial charge is 2.00 e. The van der Waals surface area contributed by atoms with Gasteiger partial charge >= 0.3 is 126 Å². The Kier molecular flexibility index (Phi) is 2730. The van der Waals surface area contributed by atoms with Crippen LogP contribution < -0.4 is 59.1 Å². The van der Waals surface area contributed by atoms with E-state index in [9.17, 15) is 0 Å². The second-order valence-corrected chi connectivity index (χ2v) is 0. The molecule has 2 radical (unpaired) electrons. The Morgan fingerprint density at radius 2 is 0.455 bits per heavy atom. The predicted octanol–water partition coefficient (Wildman–Crippen LogP) is -6.37. The Balaban J connectivity index is 0. The topological polar surface area (TPSA) is 142 Å². The molecular formula is H2Fe2Na2Ni2O5. The molecule has 0 aliphatic carbocycles. The first kappa shape index (κ1) is 194. The maximum Gasteiger partial charge on any atom is 3.00 e. The standard InChI is InChI=1S/2Fe.2Na.2Ni.5O.2H/q2*+3;2*+1;2*+2;5*-2;2*-1. The van der Waals surface area contributed by atoms with E-state index in [2.05, 4.69) is 0 Å². The van der Waals surface area contributed by atoms with Gasteiger partial charge in [-0.1, -0.05) is 0 Å². The molecule has 0 rings (SSSR count). The summed E-state index contributed by atoms with van der Waals surface area (Å²) in [6.07, 6.45) is 0. The van der Waals surface area contributed by atoms with Crippen LogP contribution in [0.1, 0.15) is 2.85 Å². The van der Waals surface area contributed by atoms with Gasteiger partial charge in [-0.15, -0.1) is 0 Å². The molecule has 0 saturated heterocycles. The van der Waals surface area contributed by atoms with Crippen molar-refractivity contribution >= 4 is 0 Å². The summed E-state index contributed by atoms with van der Waals surface area (Å²) >= 11 is 0. The van der Waals surface area contributed by atoms with Crippen LogP contribution in [0.4, 0.5) is 0 Å². The molecule has 0 fully saturated rings. The van der Waals surface area contributed by atoms with Crippen molar-refractivity contribution in [2.75, 3.05) is 0 Å². The normalized spacial score (nSPS) is 0. The zero-order valence-electron chi connectivity index (χ0n) is 7.38. The van der Waals surface area contributed by atoms with E-state index in [1.807, 2.05) is 0 Å². The molecule has 0 aromatic rings. The fourth-order valence-electron chi connectivity index (χ4n) is 0. The van der Waals surface area contributed by atoms with Crippen molar-refractivity contribution in [2.45, 2.75) is 0 Å². The van der Waals surface area contributed by atoms with Crippen LogP contribution >= 0.6 is 0 Å². The molecular weight excluding hydrogens is 355 g/mol. The Labute approximate surface area is 154 Å². The first-order valence-electron chi connectivity index (χ1n) is 0. The van der Waals surface area contributed by atoms with Crippen molar-refractivity contribution in [1.29, 1.82) is 0 Å². The van der Waals surface area contributed by atoms with Crippen LogP contribution in [-0.4, -0.2) is 0 Å². The van der Waals surface area contributed by atoms with Gasteiger partial charge in [0.15, 0.2) is 0 Å². The van der Waals surface area contributed by atoms with Crippen LogP contribution in [0.3, 0.4) is 0 Å². The Morgan fingerprint density at radius 1 is 0.455 bits per heavy atom. The van der Waals surface area contributed by atoms with Gasteiger partial charge in [-0.2, -0.15) is 0 Å². The van der Waals surface area contributed by atoms with Gasteiger partial charge in [-0.05, 0) is 0 Å². The minimum atomic E-state index is 0. The third-order valence-corrected chi connectivity index (χ3v) is 0. The van der Waals surface area contributed by atoms with Gasteiger partial charge in [-0.25, -0.2) is 0 Å². The van der Waals surface area contributed by atoms with Crippen LogP contribution in [0.5, 0.6) is 0 Å². The molecule has 70 valence electrons. The summed E-state index contributed by atoms with van der Waals surface area (Å²) in [5.41, 5.74) is 0. The second kappa shape index (κ2) is 155. The summed E-state index contributed by atoms with van der Waals surface area (Å²) in [6.45, 7) is 0. The minimum absolute atomic E-state index is 0. The Bertz CT molecular complexity index is 28.5. The summed E-state index contributed by atoms with van der Waals surface area (Å²) in [4.78, 5) is 0. The number of rotatable bonds is 0. The van der Waals surface area contributed by atoms with Gasteiger partial charge in [0.25, 0.3) is 0 Å². The van der Waals surface area contributed by atoms with Gasteiger partial charge in [0.05, 0.1) is 0 Å². The molecule has 11 heteroatoms. The molecule has 0 heterocycles. The van der Waals surface area contributed by atoms with E-state index in [0.717, 1.165) is 0 Å². The molecule has 0 atom stereocenters. The third-order valence-electron chi connectivity index (χ3n) is 0. The average molecular weight is 357 g/mol. The minimum Gasteiger partial charge on any atom is -2.00 e. The van der Waals surface area contributed by atoms with Gasteiger partial charge < -0.3 is 30.2 Å². The largest absolute Gasteiger partial charge is 3.00 e. The van der Waals surface area contributed by atoms with Crippen molar-refractivity contribution in [1.82, 2.24) is 0 Å². The molecule has 0 N–H and O–H groups in total. The molecule has 0 amide bonds. The van der Waals surface area contributed by atoms with E-state index < -0.39 is 0 Å². The molecule has 5 nitrogen and oxygen atoms in total. The second-order valence-electron chi connectivity index (χ2n) is 0. The van der Waals surface area contributed by atoms with E-state index in [-0.39, 0.29) is 156 Å². The van der Waals surface area contributed by atoms with Gasteiger partial charge in [0, 0.05) is 0 Å². The van der Waals surface area contributed by atoms with E-state index in [4.69, 9.17) is 0 Å². The summed E-state index contributed by atoms with van der Waals surface area (Å²) in [5, 5.41) is 0. The molecule has 0 aromatic carbocycles. The van der Waals surface area contributed by atoms with Gasteiger partial charge in [0.1, 0.15) is 0 Å². The summed E-state index contributed by atoms with van der Waals surface area (Å²) in [7, 11) is 0. The van der Waals surface area contributed by atoms with Crippen LogP contribution in [0.25, 0.3) is 0 Å². The summed E-state index contributed by atoms with van der Waals surface area (Å²) in [5.74, 6) is 0. The SMILES string of the molecule is [Fe+3].[Fe+3].[H-].[H-].[Na+].[Na+].[Ni+2].[Ni+2].[O-2].[O-2].[O-2].[O-2].[O-2]. The zero-order valence-corrected chi connectivity index (χ0v) is 13.6. The number of hydrogen-bond acceptors (Lipinski definition) is 0. The molecule has 0 aliphatic heterocycles. The van der Waals surface area contributed by atoms with Gasteiger partial charge in [-0.3, -0.25) is 0 Å². The monoisotopic (exact) mass is 356 g/mol. The van der Waals surface area contributed by atoms with Crippen molar-refractivity contribution in [3.05, 3.63) is 0 Å². The van der Waals surface area contributed by atoms with Gasteiger partial charge in [0.2, 0.25) is 0 Å². The predicted molar refractivity (Wildman–Crippen MR) is 5.66 cm³/mol. The van der Waals surface area contributed by atoms with E-state index in [0.29, 0.717) is 0 Å². The van der Waals surface area contributed by atoms with Crippen molar-refractivity contribution in [3.63, 3.8) is 0 Å². The third kappa shape index (κ3) is 132. The van der Waals surface area contributed by atoms with Crippen molar-refractivity contribution < 1.29 is 156 Å². The fourth-order valence-corrected chi connectivity index (χ4v) is 0. The van der Waals surface area contributed by atoms with Crippen LogP contribution in [-0.2, 0) is 94.5 Å². The molecule has 0 spiro atoms. The van der Waals surface area contributed by atoms with Crippen LogP contribution in [0.15, 0.2) is 0 Å². The van der Waals surface area contributed by atoms with Crippen LogP contribution in [0.2, 0.25) is 0 Å². The first-order chi connectivity index (χ1) is 0. The Morgan fingerprint density at radius 3 is 0.455 bits per heavy atom. The Hall–Kier alpha value is 3.83. The zero-order chi connectivity index (χ0) is 0. The molecule has 0 saturated carbocycles. The average Bonchev–Trinajstić information content (AvgIpc) is 0. The van der Waals surface area contributed by atoms with Crippen LogP contribution in [0, 0.1) is 0 Å². The van der Waals surface area contributed by atoms with E-state index in [1.54, 1.807) is 0 Å². The summed E-state index contributed by atoms with van der Waals surface area (Å²) in [6, 6.07) is 0. The maximum absolute atomic E-state index is 0. The molecule has 0 aromatic heterocycles. The van der Waals surface area contributed by atoms with E-state index in [1.165, 1.54) is 0 Å². The van der Waals surface area contributed by atoms with E-state index >= 15 is 0 Å². The molecule has 0 bridgehead atoms. The first-order valence-corrected chi connectivity index (χ1v) is 0. The maximum atomic E-state index is 0. The van der Waals surface area contributed by atoms with Crippen molar-refractivity contribution in [2.24, 2.45) is 0 Å². The molecule has 0 unspecified atom stereocenters. The molecule has 11 heavy (non-hydrogen) atoms. The quantitative estimate of drug-likeness (QED) is 0.380. The van der Waals surface area contributed by atoms with Crippen molar-refractivity contribution in [3.8, 4) is 0 Å². The number of hydrogen-bond donors (Lipinski definition) is 0. The fraction of sp³-hybridized carbons (Fsp3) is 0. The molecule has 0 aliphatic rings.